The van der Waals surface area contributed by atoms with E-state index in [-0.39, 0.29) is 0 Å². The van der Waals surface area contributed by atoms with Crippen molar-refractivity contribution in [2.75, 3.05) is 13.2 Å². The van der Waals surface area contributed by atoms with Crippen LogP contribution in [-0.4, -0.2) is 44.7 Å². The lowest BCUT2D eigenvalue weighted by atomic mass is 9.59. The van der Waals surface area contributed by atoms with Gasteiger partial charge in [-0.3, -0.25) is 4.68 Å². The van der Waals surface area contributed by atoms with Gasteiger partial charge in [0, 0.05) is 45.5 Å². The SMILES string of the molecule is Cc1cc2nc(-c3ccc4c(c3)c(C3CC5(COC5)C3)nn4C)sc2c(-c2ccc(Cl)cc2)c1[C@H](OC(C)(C)C)C(=O)O. The van der Waals surface area contributed by atoms with E-state index in [2.05, 4.69) is 18.2 Å². The Hall–Kier alpha value is -3.30. The van der Waals surface area contributed by atoms with Crippen molar-refractivity contribution >= 4 is 50.0 Å². The first-order valence-corrected chi connectivity index (χ1v) is 15.8. The minimum absolute atomic E-state index is 0.358. The second-order valence-corrected chi connectivity index (χ2v) is 14.6. The zero-order chi connectivity index (χ0) is 30.3. The van der Waals surface area contributed by atoms with E-state index in [1.807, 2.05) is 69.8 Å². The molecule has 2 aliphatic rings. The third-order valence-electron chi connectivity index (χ3n) is 8.71. The van der Waals surface area contributed by atoms with Gasteiger partial charge in [0.2, 0.25) is 0 Å². The molecule has 1 aliphatic carbocycles. The number of aryl methyl sites for hydroxylation is 2. The third kappa shape index (κ3) is 4.94. The normalized spacial score (nSPS) is 17.3. The average molecular weight is 616 g/mol. The van der Waals surface area contributed by atoms with Crippen molar-refractivity contribution in [1.82, 2.24) is 14.8 Å². The third-order valence-corrected chi connectivity index (χ3v) is 10.1. The highest BCUT2D eigenvalue weighted by Crippen LogP contribution is 2.56. The van der Waals surface area contributed by atoms with E-state index in [1.54, 1.807) is 11.3 Å². The lowest BCUT2D eigenvalue weighted by Crippen LogP contribution is -2.51. The molecule has 1 saturated heterocycles. The summed E-state index contributed by atoms with van der Waals surface area (Å²) in [7, 11) is 2.01. The van der Waals surface area contributed by atoms with Gasteiger partial charge in [0.15, 0.2) is 6.10 Å². The number of hydrogen-bond acceptors (Lipinski definition) is 6. The first-order chi connectivity index (χ1) is 20.4. The summed E-state index contributed by atoms with van der Waals surface area (Å²) in [4.78, 5) is 17.8. The van der Waals surface area contributed by atoms with Crippen molar-refractivity contribution in [3.63, 3.8) is 0 Å². The highest BCUT2D eigenvalue weighted by atomic mass is 35.5. The molecular formula is C34H34ClN3O4S. The fraction of sp³-hybridized carbons (Fsp3) is 0.382. The average Bonchev–Trinajstić information content (AvgIpc) is 3.46. The summed E-state index contributed by atoms with van der Waals surface area (Å²) < 4.78 is 14.6. The van der Waals surface area contributed by atoms with Crippen LogP contribution in [0.2, 0.25) is 5.02 Å². The zero-order valence-electron chi connectivity index (χ0n) is 24.9. The van der Waals surface area contributed by atoms with Gasteiger partial charge in [0.1, 0.15) is 5.01 Å². The minimum Gasteiger partial charge on any atom is -0.479 e. The molecule has 0 unspecified atom stereocenters. The number of halogens is 1. The molecule has 0 radical (unpaired) electrons. The Balaban J connectivity index is 1.38. The highest BCUT2D eigenvalue weighted by molar-refractivity contribution is 7.22. The Morgan fingerprint density at radius 1 is 1.14 bits per heavy atom. The summed E-state index contributed by atoms with van der Waals surface area (Å²) in [5.74, 6) is -0.589. The summed E-state index contributed by atoms with van der Waals surface area (Å²) in [5, 5.41) is 18.0. The molecule has 9 heteroatoms. The zero-order valence-corrected chi connectivity index (χ0v) is 26.5. The number of aromatic nitrogens is 3. The van der Waals surface area contributed by atoms with Gasteiger partial charge in [0.25, 0.3) is 0 Å². The molecular weight excluding hydrogens is 582 g/mol. The molecule has 1 atom stereocenters. The van der Waals surface area contributed by atoms with Gasteiger partial charge in [0.05, 0.1) is 40.2 Å². The Kier molecular flexibility index (Phi) is 6.70. The van der Waals surface area contributed by atoms with Gasteiger partial charge < -0.3 is 14.6 Å². The van der Waals surface area contributed by atoms with Crippen molar-refractivity contribution in [3.8, 4) is 21.7 Å². The van der Waals surface area contributed by atoms with Crippen LogP contribution in [0.15, 0.2) is 48.5 Å². The van der Waals surface area contributed by atoms with Gasteiger partial charge >= 0.3 is 5.97 Å². The van der Waals surface area contributed by atoms with Crippen molar-refractivity contribution in [1.29, 1.82) is 0 Å². The standard InChI is InChI=1S/C34H34ClN3O4S/c1-18-12-24-30(27(19-6-9-22(35)10-7-19)26(18)29(32(39)40)42-33(2,3)4)43-31(36-24)20-8-11-25-23(13-20)28(37-38(25)5)21-14-34(15-21)16-41-17-34/h6-13,21,29H,14-17H2,1-5H3,(H,39,40)/t29-/m0/s1. The first-order valence-electron chi connectivity index (χ1n) is 14.6. The van der Waals surface area contributed by atoms with Gasteiger partial charge in [-0.1, -0.05) is 23.7 Å². The van der Waals surface area contributed by atoms with Crippen LogP contribution in [0.1, 0.15) is 62.5 Å². The van der Waals surface area contributed by atoms with Crippen LogP contribution in [0.4, 0.5) is 0 Å². The highest BCUT2D eigenvalue weighted by Gasteiger charge is 2.51. The Labute approximate surface area is 259 Å². The number of carboxylic acid groups (broad SMARTS) is 1. The predicted octanol–water partition coefficient (Wildman–Crippen LogP) is 8.31. The molecule has 7 nitrogen and oxygen atoms in total. The Bertz CT molecular complexity index is 1890. The molecule has 3 heterocycles. The van der Waals surface area contributed by atoms with E-state index in [0.717, 1.165) is 74.7 Å². The summed E-state index contributed by atoms with van der Waals surface area (Å²) >= 11 is 7.83. The first kappa shape index (κ1) is 28.5. The monoisotopic (exact) mass is 615 g/mol. The van der Waals surface area contributed by atoms with Gasteiger partial charge in [-0.2, -0.15) is 5.10 Å². The smallest absolute Gasteiger partial charge is 0.337 e. The molecule has 0 amide bonds. The lowest BCUT2D eigenvalue weighted by molar-refractivity contribution is -0.164. The number of hydrogen-bond donors (Lipinski definition) is 1. The van der Waals surface area contributed by atoms with Gasteiger partial charge in [-0.25, -0.2) is 9.78 Å². The molecule has 0 bridgehead atoms. The van der Waals surface area contributed by atoms with Crippen LogP contribution in [0.3, 0.4) is 0 Å². The summed E-state index contributed by atoms with van der Waals surface area (Å²) in [6.07, 6.45) is 1.10. The molecule has 43 heavy (non-hydrogen) atoms. The summed E-state index contributed by atoms with van der Waals surface area (Å²) in [5.41, 5.74) is 6.94. The van der Waals surface area contributed by atoms with E-state index in [4.69, 9.17) is 31.2 Å². The van der Waals surface area contributed by atoms with Crippen molar-refractivity contribution in [3.05, 3.63) is 70.4 Å². The molecule has 2 fully saturated rings. The second-order valence-electron chi connectivity index (χ2n) is 13.1. The topological polar surface area (TPSA) is 86.5 Å². The second kappa shape index (κ2) is 10.1. The quantitative estimate of drug-likeness (QED) is 0.207. The van der Waals surface area contributed by atoms with Gasteiger partial charge in [-0.05, 0) is 88.1 Å². The van der Waals surface area contributed by atoms with Crippen LogP contribution in [0.5, 0.6) is 0 Å². The Morgan fingerprint density at radius 2 is 1.84 bits per heavy atom. The molecule has 222 valence electrons. The number of nitrogens with zero attached hydrogens (tertiary/aromatic N) is 3. The van der Waals surface area contributed by atoms with Crippen LogP contribution in [0, 0.1) is 12.3 Å². The number of aliphatic carboxylic acids is 1. The van der Waals surface area contributed by atoms with Crippen LogP contribution < -0.4 is 0 Å². The maximum absolute atomic E-state index is 12.7. The van der Waals surface area contributed by atoms with Crippen molar-refractivity contribution in [2.45, 2.75) is 58.2 Å². The number of carboxylic acids is 1. The molecule has 7 rings (SSSR count). The van der Waals surface area contributed by atoms with Crippen LogP contribution in [0.25, 0.3) is 42.8 Å². The molecule has 1 aliphatic heterocycles. The molecule has 1 N–H and O–H groups in total. The number of benzene rings is 3. The number of rotatable bonds is 6. The molecule has 1 saturated carbocycles. The molecule has 3 aromatic carbocycles. The minimum atomic E-state index is -1.15. The molecule has 5 aromatic rings. The van der Waals surface area contributed by atoms with Crippen LogP contribution >= 0.6 is 22.9 Å². The summed E-state index contributed by atoms with van der Waals surface area (Å²) in [6.45, 7) is 9.28. The van der Waals surface area contributed by atoms with Crippen molar-refractivity contribution < 1.29 is 19.4 Å². The van der Waals surface area contributed by atoms with E-state index < -0.39 is 17.7 Å². The predicted molar refractivity (Wildman–Crippen MR) is 171 cm³/mol. The molecule has 1 spiro atoms. The molecule has 2 aromatic heterocycles. The maximum Gasteiger partial charge on any atom is 0.337 e. The number of fused-ring (bicyclic) bond motifs is 2. The van der Waals surface area contributed by atoms with Crippen molar-refractivity contribution in [2.24, 2.45) is 12.5 Å². The van der Waals surface area contributed by atoms with Crippen LogP contribution in [-0.2, 0) is 21.3 Å². The number of thiazole rings is 1. The fourth-order valence-electron chi connectivity index (χ4n) is 6.69. The van der Waals surface area contributed by atoms with E-state index in [9.17, 15) is 9.90 Å². The fourth-order valence-corrected chi connectivity index (χ4v) is 7.94. The number of carbonyl (C=O) groups is 1. The maximum atomic E-state index is 12.7. The summed E-state index contributed by atoms with van der Waals surface area (Å²) in [6, 6.07) is 16.0. The lowest BCUT2D eigenvalue weighted by Gasteiger charge is -2.52. The van der Waals surface area contributed by atoms with E-state index in [1.165, 1.54) is 5.39 Å². The van der Waals surface area contributed by atoms with Gasteiger partial charge in [-0.15, -0.1) is 11.3 Å². The Morgan fingerprint density at radius 3 is 2.47 bits per heavy atom. The largest absolute Gasteiger partial charge is 0.479 e. The number of ether oxygens (including phenoxy) is 2. The van der Waals surface area contributed by atoms with E-state index >= 15 is 0 Å². The van der Waals surface area contributed by atoms with E-state index in [0.29, 0.717) is 21.9 Å².